The SMILES string of the molecule is CNC1CN(C2=NC=C(c3cccs3)N3N=C(C)C(C)N=C23)C1. The highest BCUT2D eigenvalue weighted by molar-refractivity contribution is 7.11. The molecule has 23 heavy (non-hydrogen) atoms. The Bertz CT molecular complexity index is 724. The lowest BCUT2D eigenvalue weighted by Crippen LogP contribution is -2.62. The summed E-state index contributed by atoms with van der Waals surface area (Å²) in [7, 11) is 2.00. The molecule has 0 radical (unpaired) electrons. The number of aliphatic imine (C=N–C) groups is 2. The van der Waals surface area contributed by atoms with Gasteiger partial charge in [0.15, 0.2) is 11.7 Å². The summed E-state index contributed by atoms with van der Waals surface area (Å²) in [6.45, 7) is 6.03. The van der Waals surface area contributed by atoms with Crippen LogP contribution in [-0.2, 0) is 0 Å². The molecule has 0 bridgehead atoms. The van der Waals surface area contributed by atoms with Crippen molar-refractivity contribution in [1.82, 2.24) is 15.2 Å². The van der Waals surface area contributed by atoms with E-state index in [9.17, 15) is 0 Å². The maximum atomic E-state index is 4.86. The van der Waals surface area contributed by atoms with Gasteiger partial charge in [0.05, 0.1) is 22.8 Å². The molecule has 1 unspecified atom stereocenters. The predicted octanol–water partition coefficient (Wildman–Crippen LogP) is 1.84. The fourth-order valence-corrected chi connectivity index (χ4v) is 3.55. The molecule has 0 aromatic carbocycles. The summed E-state index contributed by atoms with van der Waals surface area (Å²) >= 11 is 1.69. The number of rotatable bonds is 2. The number of hydrazone groups is 1. The second-order valence-corrected chi connectivity index (χ2v) is 6.96. The van der Waals surface area contributed by atoms with E-state index in [1.165, 1.54) is 0 Å². The number of amidine groups is 2. The van der Waals surface area contributed by atoms with Crippen LogP contribution in [0, 0.1) is 0 Å². The van der Waals surface area contributed by atoms with Crippen molar-refractivity contribution in [3.63, 3.8) is 0 Å². The topological polar surface area (TPSA) is 55.6 Å². The number of hydrogen-bond donors (Lipinski definition) is 1. The van der Waals surface area contributed by atoms with Crippen LogP contribution in [0.15, 0.2) is 38.8 Å². The van der Waals surface area contributed by atoms with Crippen LogP contribution in [0.25, 0.3) is 5.70 Å². The summed E-state index contributed by atoms with van der Waals surface area (Å²) in [5.41, 5.74) is 2.02. The molecular formula is C16H20N6S. The third-order valence-corrected chi connectivity index (χ3v) is 5.37. The number of fused-ring (bicyclic) bond motifs is 1. The van der Waals surface area contributed by atoms with Gasteiger partial charge in [-0.05, 0) is 32.3 Å². The van der Waals surface area contributed by atoms with E-state index >= 15 is 0 Å². The van der Waals surface area contributed by atoms with Gasteiger partial charge in [0.25, 0.3) is 0 Å². The number of nitrogens with zero attached hydrogens (tertiary/aromatic N) is 5. The summed E-state index contributed by atoms with van der Waals surface area (Å²) in [6.07, 6.45) is 1.92. The third kappa shape index (κ3) is 2.40. The molecule has 0 aliphatic carbocycles. The number of likely N-dealkylation sites (tertiary alicyclic amines) is 1. The largest absolute Gasteiger partial charge is 0.350 e. The van der Waals surface area contributed by atoms with E-state index in [0.29, 0.717) is 6.04 Å². The van der Waals surface area contributed by atoms with E-state index in [0.717, 1.165) is 41.0 Å². The van der Waals surface area contributed by atoms with Crippen molar-refractivity contribution in [2.45, 2.75) is 25.9 Å². The van der Waals surface area contributed by atoms with Crippen molar-refractivity contribution < 1.29 is 0 Å². The average Bonchev–Trinajstić information content (AvgIpc) is 3.02. The van der Waals surface area contributed by atoms with Crippen LogP contribution in [0.4, 0.5) is 0 Å². The van der Waals surface area contributed by atoms with Gasteiger partial charge < -0.3 is 10.2 Å². The molecule has 3 aliphatic heterocycles. The van der Waals surface area contributed by atoms with Gasteiger partial charge in [-0.1, -0.05) is 6.07 Å². The molecule has 1 aromatic heterocycles. The normalized spacial score (nSPS) is 24.4. The standard InChI is InChI=1S/C16H20N6S/c1-10-11(2)20-22-13(14-5-4-6-23-14)7-18-15(16(22)19-10)21-8-12(9-21)17-3/h4-7,10,12,17H,8-9H2,1-3H3. The summed E-state index contributed by atoms with van der Waals surface area (Å²) in [6, 6.07) is 4.77. The van der Waals surface area contributed by atoms with Crippen molar-refractivity contribution in [3.05, 3.63) is 28.6 Å². The molecule has 4 heterocycles. The van der Waals surface area contributed by atoms with E-state index in [2.05, 4.69) is 28.6 Å². The van der Waals surface area contributed by atoms with Gasteiger partial charge in [0, 0.05) is 19.1 Å². The Morgan fingerprint density at radius 1 is 1.30 bits per heavy atom. The van der Waals surface area contributed by atoms with Crippen LogP contribution < -0.4 is 5.32 Å². The molecule has 0 amide bonds. The lowest BCUT2D eigenvalue weighted by Gasteiger charge is -2.43. The van der Waals surface area contributed by atoms with E-state index in [4.69, 9.17) is 15.1 Å². The highest BCUT2D eigenvalue weighted by Gasteiger charge is 2.37. The van der Waals surface area contributed by atoms with Crippen LogP contribution in [-0.4, -0.2) is 59.5 Å². The zero-order valence-electron chi connectivity index (χ0n) is 13.5. The van der Waals surface area contributed by atoms with Gasteiger partial charge in [-0.3, -0.25) is 4.99 Å². The smallest absolute Gasteiger partial charge is 0.193 e. The first kappa shape index (κ1) is 14.6. The zero-order valence-corrected chi connectivity index (χ0v) is 14.3. The van der Waals surface area contributed by atoms with Crippen molar-refractivity contribution in [3.8, 4) is 0 Å². The summed E-state index contributed by atoms with van der Waals surface area (Å²) < 4.78 is 0. The quantitative estimate of drug-likeness (QED) is 0.901. The van der Waals surface area contributed by atoms with Crippen molar-refractivity contribution in [2.24, 2.45) is 15.1 Å². The Morgan fingerprint density at radius 3 is 2.83 bits per heavy atom. The molecule has 6 nitrogen and oxygen atoms in total. The minimum atomic E-state index is 0.0931. The monoisotopic (exact) mass is 328 g/mol. The van der Waals surface area contributed by atoms with Crippen molar-refractivity contribution in [1.29, 1.82) is 0 Å². The Kier molecular flexibility index (Phi) is 3.54. The van der Waals surface area contributed by atoms with E-state index in [1.54, 1.807) is 11.3 Å². The molecule has 0 saturated carbocycles. The summed E-state index contributed by atoms with van der Waals surface area (Å²) in [5, 5.41) is 12.1. The first-order valence-corrected chi connectivity index (χ1v) is 8.73. The zero-order chi connectivity index (χ0) is 16.0. The first-order chi connectivity index (χ1) is 11.2. The van der Waals surface area contributed by atoms with Crippen LogP contribution in [0.5, 0.6) is 0 Å². The van der Waals surface area contributed by atoms with Crippen molar-refractivity contribution in [2.75, 3.05) is 20.1 Å². The Hall–Kier alpha value is -1.99. The number of likely N-dealkylation sites (N-methyl/N-ethyl adjacent to an activating group) is 1. The second kappa shape index (κ2) is 5.58. The Morgan fingerprint density at radius 2 is 2.13 bits per heavy atom. The summed E-state index contributed by atoms with van der Waals surface area (Å²) in [5.74, 6) is 1.79. The molecule has 1 atom stereocenters. The third-order valence-electron chi connectivity index (χ3n) is 4.48. The minimum absolute atomic E-state index is 0.0931. The number of hydrogen-bond acceptors (Lipinski definition) is 7. The van der Waals surface area contributed by atoms with E-state index < -0.39 is 0 Å². The highest BCUT2D eigenvalue weighted by atomic mass is 32.1. The molecular weight excluding hydrogens is 308 g/mol. The van der Waals surface area contributed by atoms with Crippen LogP contribution in [0.1, 0.15) is 18.7 Å². The van der Waals surface area contributed by atoms with Gasteiger partial charge >= 0.3 is 0 Å². The van der Waals surface area contributed by atoms with Gasteiger partial charge in [-0.2, -0.15) is 5.10 Å². The number of nitrogens with one attached hydrogen (secondary N) is 1. The average molecular weight is 328 g/mol. The molecule has 1 saturated heterocycles. The molecule has 7 heteroatoms. The fraction of sp³-hybridized carbons (Fsp3) is 0.438. The number of thiophene rings is 1. The minimum Gasteiger partial charge on any atom is -0.350 e. The highest BCUT2D eigenvalue weighted by Crippen LogP contribution is 2.31. The maximum Gasteiger partial charge on any atom is 0.193 e. The molecule has 4 rings (SSSR count). The van der Waals surface area contributed by atoms with Crippen LogP contribution in [0.3, 0.4) is 0 Å². The molecule has 1 fully saturated rings. The second-order valence-electron chi connectivity index (χ2n) is 6.02. The summed E-state index contributed by atoms with van der Waals surface area (Å²) in [4.78, 5) is 13.0. The predicted molar refractivity (Wildman–Crippen MR) is 96.0 cm³/mol. The maximum absolute atomic E-state index is 4.86. The lowest BCUT2D eigenvalue weighted by molar-refractivity contribution is 0.226. The Balaban J connectivity index is 1.72. The van der Waals surface area contributed by atoms with Gasteiger partial charge in [0.1, 0.15) is 5.70 Å². The fourth-order valence-electron chi connectivity index (χ4n) is 2.82. The van der Waals surface area contributed by atoms with Gasteiger partial charge in [-0.25, -0.2) is 10.0 Å². The van der Waals surface area contributed by atoms with Crippen molar-refractivity contribution >= 4 is 34.4 Å². The van der Waals surface area contributed by atoms with Gasteiger partial charge in [0.2, 0.25) is 0 Å². The molecule has 120 valence electrons. The Labute approximate surface area is 139 Å². The van der Waals surface area contributed by atoms with Gasteiger partial charge in [-0.15, -0.1) is 11.3 Å². The molecule has 3 aliphatic rings. The molecule has 1 N–H and O–H groups in total. The first-order valence-electron chi connectivity index (χ1n) is 7.85. The molecule has 1 aromatic rings. The molecule has 0 spiro atoms. The lowest BCUT2D eigenvalue weighted by atomic mass is 10.1. The van der Waals surface area contributed by atoms with Crippen LogP contribution >= 0.6 is 11.3 Å². The van der Waals surface area contributed by atoms with E-state index in [-0.39, 0.29) is 6.04 Å². The van der Waals surface area contributed by atoms with E-state index in [1.807, 2.05) is 31.2 Å². The van der Waals surface area contributed by atoms with Crippen LogP contribution in [0.2, 0.25) is 0 Å².